The van der Waals surface area contributed by atoms with Crippen LogP contribution in [0.25, 0.3) is 0 Å². The van der Waals surface area contributed by atoms with E-state index in [9.17, 15) is 4.57 Å². The lowest BCUT2D eigenvalue weighted by molar-refractivity contribution is 0.376. The molecular formula is C7H11O3P. The van der Waals surface area contributed by atoms with Gasteiger partial charge in [0.1, 0.15) is 0 Å². The molecule has 0 spiro atoms. The number of hydrogen-bond acceptors (Lipinski definition) is 1. The van der Waals surface area contributed by atoms with Gasteiger partial charge in [0.25, 0.3) is 0 Å². The van der Waals surface area contributed by atoms with Crippen LogP contribution in [0.4, 0.5) is 0 Å². The van der Waals surface area contributed by atoms with Gasteiger partial charge in [-0.15, -0.1) is 0 Å². The lowest BCUT2D eigenvalue weighted by atomic mass is 10.1. The van der Waals surface area contributed by atoms with Crippen LogP contribution < -0.4 is 0 Å². The fourth-order valence-corrected chi connectivity index (χ4v) is 1.73. The highest BCUT2D eigenvalue weighted by molar-refractivity contribution is 7.52. The van der Waals surface area contributed by atoms with Gasteiger partial charge < -0.3 is 9.79 Å². The summed E-state index contributed by atoms with van der Waals surface area (Å²) in [5.41, 5.74) is 0.754. The first-order chi connectivity index (χ1) is 5.08. The molecule has 1 aliphatic carbocycles. The van der Waals surface area contributed by atoms with Crippen LogP contribution in [0.15, 0.2) is 23.8 Å². The molecule has 4 heteroatoms. The summed E-state index contributed by atoms with van der Waals surface area (Å²) in [5, 5.41) is 0. The zero-order chi connectivity index (χ0) is 8.32. The highest BCUT2D eigenvalue weighted by atomic mass is 31.2. The minimum Gasteiger partial charge on any atom is -0.324 e. The second-order valence-corrected chi connectivity index (χ2v) is 4.23. The zero-order valence-corrected chi connectivity index (χ0v) is 7.00. The van der Waals surface area contributed by atoms with Crippen molar-refractivity contribution in [2.24, 2.45) is 0 Å². The molecule has 0 atom stereocenters. The van der Waals surface area contributed by atoms with Crippen molar-refractivity contribution < 1.29 is 14.4 Å². The second-order valence-electron chi connectivity index (χ2n) is 2.58. The van der Waals surface area contributed by atoms with Gasteiger partial charge in [0.2, 0.25) is 0 Å². The van der Waals surface area contributed by atoms with Gasteiger partial charge in [-0.25, -0.2) is 0 Å². The molecule has 2 N–H and O–H groups in total. The third-order valence-electron chi connectivity index (χ3n) is 1.46. The van der Waals surface area contributed by atoms with Crippen molar-refractivity contribution >= 4 is 7.60 Å². The van der Waals surface area contributed by atoms with Gasteiger partial charge in [0.15, 0.2) is 0 Å². The van der Waals surface area contributed by atoms with Crippen molar-refractivity contribution in [3.63, 3.8) is 0 Å². The maximum Gasteiger partial charge on any atom is 0.329 e. The predicted molar refractivity (Wildman–Crippen MR) is 43.4 cm³/mol. The van der Waals surface area contributed by atoms with Crippen LogP contribution >= 0.6 is 7.60 Å². The van der Waals surface area contributed by atoms with Crippen LogP contribution in [0.1, 0.15) is 12.8 Å². The quantitative estimate of drug-likeness (QED) is 0.623. The Bertz CT molecular complexity index is 236. The highest BCUT2D eigenvalue weighted by Crippen LogP contribution is 2.37. The van der Waals surface area contributed by atoms with Gasteiger partial charge in [-0.1, -0.05) is 18.2 Å². The molecule has 0 heterocycles. The summed E-state index contributed by atoms with van der Waals surface area (Å²) in [6.07, 6.45) is 7.34. The lowest BCUT2D eigenvalue weighted by Crippen LogP contribution is -1.93. The third kappa shape index (κ3) is 3.51. The standard InChI is InChI=1S/C7H11O3P/c8-11(9,10)6-7-4-2-1-3-5-7/h2,4-5H,1,3,6H2,(H2,8,9,10). The zero-order valence-electron chi connectivity index (χ0n) is 6.10. The summed E-state index contributed by atoms with van der Waals surface area (Å²) in [6, 6.07) is 0. The largest absolute Gasteiger partial charge is 0.329 e. The molecule has 0 unspecified atom stereocenters. The van der Waals surface area contributed by atoms with Crippen molar-refractivity contribution in [3.05, 3.63) is 23.8 Å². The molecule has 62 valence electrons. The van der Waals surface area contributed by atoms with E-state index in [1.165, 1.54) is 0 Å². The fourth-order valence-electron chi connectivity index (χ4n) is 1.02. The average molecular weight is 174 g/mol. The SMILES string of the molecule is O=P(O)(O)CC1=CCCC=C1. The third-order valence-corrected chi connectivity index (χ3v) is 2.24. The van der Waals surface area contributed by atoms with E-state index < -0.39 is 7.60 Å². The van der Waals surface area contributed by atoms with Gasteiger partial charge in [-0.05, 0) is 18.4 Å². The van der Waals surface area contributed by atoms with E-state index in [2.05, 4.69) is 0 Å². The average Bonchev–Trinajstić information content (AvgIpc) is 1.85. The normalized spacial score (nSPS) is 18.2. The number of hydrogen-bond donors (Lipinski definition) is 2. The molecule has 3 nitrogen and oxygen atoms in total. The summed E-state index contributed by atoms with van der Waals surface area (Å²) in [4.78, 5) is 17.2. The Hall–Kier alpha value is -0.370. The van der Waals surface area contributed by atoms with Crippen molar-refractivity contribution in [1.29, 1.82) is 0 Å². The van der Waals surface area contributed by atoms with Crippen molar-refractivity contribution in [2.45, 2.75) is 12.8 Å². The first-order valence-electron chi connectivity index (χ1n) is 3.48. The molecule has 0 fully saturated rings. The van der Waals surface area contributed by atoms with E-state index in [0.717, 1.165) is 18.4 Å². The first-order valence-corrected chi connectivity index (χ1v) is 5.28. The van der Waals surface area contributed by atoms with Gasteiger partial charge in [-0.3, -0.25) is 4.57 Å². The van der Waals surface area contributed by atoms with Crippen molar-refractivity contribution in [1.82, 2.24) is 0 Å². The Morgan fingerprint density at radius 3 is 2.64 bits per heavy atom. The summed E-state index contributed by atoms with van der Waals surface area (Å²) < 4.78 is 10.5. The highest BCUT2D eigenvalue weighted by Gasteiger charge is 2.14. The molecule has 0 amide bonds. The maximum atomic E-state index is 10.5. The molecule has 11 heavy (non-hydrogen) atoms. The van der Waals surface area contributed by atoms with E-state index >= 15 is 0 Å². The first kappa shape index (κ1) is 8.72. The molecule has 0 radical (unpaired) electrons. The Kier molecular flexibility index (Phi) is 2.66. The molecule has 1 aliphatic rings. The van der Waals surface area contributed by atoms with E-state index in [1.807, 2.05) is 12.2 Å². The molecule has 0 aromatic heterocycles. The monoisotopic (exact) mass is 174 g/mol. The van der Waals surface area contributed by atoms with Crippen LogP contribution in [-0.4, -0.2) is 15.9 Å². The fraction of sp³-hybridized carbons (Fsp3) is 0.429. The predicted octanol–water partition coefficient (Wildman–Crippen LogP) is 1.44. The van der Waals surface area contributed by atoms with E-state index in [4.69, 9.17) is 9.79 Å². The minimum atomic E-state index is -3.85. The van der Waals surface area contributed by atoms with Gasteiger partial charge >= 0.3 is 7.60 Å². The topological polar surface area (TPSA) is 57.5 Å². The molecule has 0 saturated heterocycles. The maximum absolute atomic E-state index is 10.5. The number of allylic oxidation sites excluding steroid dienone is 4. The molecule has 0 bridgehead atoms. The smallest absolute Gasteiger partial charge is 0.324 e. The van der Waals surface area contributed by atoms with Crippen molar-refractivity contribution in [3.8, 4) is 0 Å². The van der Waals surface area contributed by atoms with Crippen LogP contribution in [0.3, 0.4) is 0 Å². The summed E-state index contributed by atoms with van der Waals surface area (Å²) in [6.45, 7) is 0. The molecular weight excluding hydrogens is 163 g/mol. The minimum absolute atomic E-state index is 0.122. The Morgan fingerprint density at radius 1 is 1.45 bits per heavy atom. The van der Waals surface area contributed by atoms with Crippen molar-refractivity contribution in [2.75, 3.05) is 6.16 Å². The van der Waals surface area contributed by atoms with Crippen LogP contribution in [0.2, 0.25) is 0 Å². The Labute approximate surface area is 65.6 Å². The summed E-state index contributed by atoms with van der Waals surface area (Å²) in [7, 11) is -3.85. The summed E-state index contributed by atoms with van der Waals surface area (Å²) >= 11 is 0. The summed E-state index contributed by atoms with van der Waals surface area (Å²) in [5.74, 6) is 0. The van der Waals surface area contributed by atoms with E-state index in [1.54, 1.807) is 6.08 Å². The second kappa shape index (κ2) is 3.35. The van der Waals surface area contributed by atoms with Gasteiger partial charge in [-0.2, -0.15) is 0 Å². The number of rotatable bonds is 2. The van der Waals surface area contributed by atoms with Crippen LogP contribution in [0.5, 0.6) is 0 Å². The van der Waals surface area contributed by atoms with Gasteiger partial charge in [0, 0.05) is 0 Å². The van der Waals surface area contributed by atoms with Crippen LogP contribution in [-0.2, 0) is 4.57 Å². The Balaban J connectivity index is 2.56. The van der Waals surface area contributed by atoms with E-state index in [-0.39, 0.29) is 6.16 Å². The molecule has 0 aromatic carbocycles. The van der Waals surface area contributed by atoms with Crippen LogP contribution in [0, 0.1) is 0 Å². The molecule has 0 aromatic rings. The molecule has 0 saturated carbocycles. The van der Waals surface area contributed by atoms with Gasteiger partial charge in [0.05, 0.1) is 6.16 Å². The lowest BCUT2D eigenvalue weighted by Gasteiger charge is -2.07. The Morgan fingerprint density at radius 2 is 2.18 bits per heavy atom. The van der Waals surface area contributed by atoms with E-state index in [0.29, 0.717) is 0 Å². The molecule has 1 rings (SSSR count). The molecule has 0 aliphatic heterocycles.